The number of hydrogen-bond acceptors (Lipinski definition) is 4. The number of rotatable bonds is 5. The van der Waals surface area contributed by atoms with Gasteiger partial charge in [-0.1, -0.05) is 6.42 Å². The number of aromatic amines is 1. The van der Waals surface area contributed by atoms with E-state index in [0.717, 1.165) is 40.9 Å². The standard InChI is InChI=1S/C21H23N4O3/c22-21(27)25-10-4-5-17(20(25)26)19-14-15-13-16(6-7-18(15)23-19)28-12-11-24-8-2-1-3-9-24/h5-7,10,13-14,23H,1-3,8-9,11-12H2,(H2,22,27). The molecule has 1 aromatic carbocycles. The van der Waals surface area contributed by atoms with Crippen LogP contribution in [-0.4, -0.2) is 46.7 Å². The van der Waals surface area contributed by atoms with Crippen molar-refractivity contribution < 1.29 is 9.53 Å². The molecular weight excluding hydrogens is 356 g/mol. The van der Waals surface area contributed by atoms with Crippen molar-refractivity contribution in [3.8, 4) is 17.0 Å². The summed E-state index contributed by atoms with van der Waals surface area (Å²) >= 11 is 0. The second kappa shape index (κ2) is 7.90. The van der Waals surface area contributed by atoms with Crippen molar-refractivity contribution in [3.63, 3.8) is 0 Å². The van der Waals surface area contributed by atoms with Gasteiger partial charge in [0.15, 0.2) is 0 Å². The average Bonchev–Trinajstić information content (AvgIpc) is 3.12. The Morgan fingerprint density at radius 2 is 2.04 bits per heavy atom. The normalized spacial score (nSPS) is 15.0. The summed E-state index contributed by atoms with van der Waals surface area (Å²) in [6, 6.07) is 11.1. The number of nitrogens with zero attached hydrogens (tertiary/aromatic N) is 2. The Balaban J connectivity index is 1.51. The van der Waals surface area contributed by atoms with E-state index in [0.29, 0.717) is 17.9 Å². The first-order chi connectivity index (χ1) is 13.6. The highest BCUT2D eigenvalue weighted by molar-refractivity contribution is 5.87. The summed E-state index contributed by atoms with van der Waals surface area (Å²) in [5, 5.41) is 0.930. The van der Waals surface area contributed by atoms with E-state index in [1.165, 1.54) is 25.5 Å². The van der Waals surface area contributed by atoms with Gasteiger partial charge in [-0.15, -0.1) is 0 Å². The smallest absolute Gasteiger partial charge is 0.325 e. The maximum Gasteiger partial charge on any atom is 0.325 e. The molecule has 1 aliphatic rings. The van der Waals surface area contributed by atoms with Crippen LogP contribution in [0, 0.1) is 6.07 Å². The van der Waals surface area contributed by atoms with Crippen molar-refractivity contribution >= 4 is 16.9 Å². The SMILES string of the molecule is NC(=O)n1c[c]cc(-c2cc3cc(OCCN4CCCCC4)ccc3[nH]2)c1=O. The zero-order chi connectivity index (χ0) is 19.5. The fourth-order valence-electron chi connectivity index (χ4n) is 3.62. The number of primary amides is 1. The van der Waals surface area contributed by atoms with Crippen molar-refractivity contribution in [2.45, 2.75) is 19.3 Å². The summed E-state index contributed by atoms with van der Waals surface area (Å²) in [6.45, 7) is 3.89. The van der Waals surface area contributed by atoms with Gasteiger partial charge in [0.2, 0.25) is 0 Å². The average molecular weight is 379 g/mol. The Hall–Kier alpha value is -3.06. The van der Waals surface area contributed by atoms with Crippen LogP contribution in [0.15, 0.2) is 41.3 Å². The molecular formula is C21H23N4O3. The van der Waals surface area contributed by atoms with Crippen LogP contribution in [0.4, 0.5) is 4.79 Å². The summed E-state index contributed by atoms with van der Waals surface area (Å²) in [5.74, 6) is 0.796. The second-order valence-corrected chi connectivity index (χ2v) is 7.05. The van der Waals surface area contributed by atoms with E-state index in [-0.39, 0.29) is 0 Å². The van der Waals surface area contributed by atoms with Gasteiger partial charge >= 0.3 is 6.03 Å². The van der Waals surface area contributed by atoms with Crippen LogP contribution in [0.2, 0.25) is 0 Å². The molecule has 145 valence electrons. The highest BCUT2D eigenvalue weighted by atomic mass is 16.5. The number of amides is 1. The number of nitrogens with two attached hydrogens (primary N) is 1. The number of aromatic nitrogens is 2. The van der Waals surface area contributed by atoms with Crippen LogP contribution in [0.1, 0.15) is 19.3 Å². The maximum absolute atomic E-state index is 12.4. The molecule has 1 saturated heterocycles. The predicted octanol–water partition coefficient (Wildman–Crippen LogP) is 2.59. The van der Waals surface area contributed by atoms with Crippen molar-refractivity contribution in [2.75, 3.05) is 26.2 Å². The predicted molar refractivity (Wildman–Crippen MR) is 108 cm³/mol. The number of ether oxygens (including phenoxy) is 1. The van der Waals surface area contributed by atoms with Crippen molar-refractivity contribution in [2.24, 2.45) is 5.73 Å². The van der Waals surface area contributed by atoms with E-state index in [2.05, 4.69) is 16.0 Å². The summed E-state index contributed by atoms with van der Waals surface area (Å²) in [7, 11) is 0. The minimum atomic E-state index is -0.830. The number of piperidine rings is 1. The second-order valence-electron chi connectivity index (χ2n) is 7.05. The first-order valence-corrected chi connectivity index (χ1v) is 9.53. The van der Waals surface area contributed by atoms with Gasteiger partial charge in [0, 0.05) is 29.7 Å². The summed E-state index contributed by atoms with van der Waals surface area (Å²) in [5.41, 5.74) is 6.58. The minimum Gasteiger partial charge on any atom is -0.492 e. The Labute approximate surface area is 162 Å². The number of carbonyl (C=O) groups is 1. The third-order valence-corrected chi connectivity index (χ3v) is 5.13. The summed E-state index contributed by atoms with van der Waals surface area (Å²) < 4.78 is 6.76. The molecule has 0 unspecified atom stereocenters. The molecule has 7 nitrogen and oxygen atoms in total. The number of fused-ring (bicyclic) bond motifs is 1. The number of H-pyrrole nitrogens is 1. The van der Waals surface area contributed by atoms with E-state index in [4.69, 9.17) is 10.5 Å². The van der Waals surface area contributed by atoms with Crippen LogP contribution in [0.5, 0.6) is 5.75 Å². The monoisotopic (exact) mass is 379 g/mol. The number of benzene rings is 1. The third-order valence-electron chi connectivity index (χ3n) is 5.13. The highest BCUT2D eigenvalue weighted by Gasteiger charge is 2.12. The van der Waals surface area contributed by atoms with Crippen LogP contribution in [-0.2, 0) is 0 Å². The minimum absolute atomic E-state index is 0.338. The number of pyridine rings is 1. The van der Waals surface area contributed by atoms with Crippen molar-refractivity contribution in [3.05, 3.63) is 52.9 Å². The van der Waals surface area contributed by atoms with Gasteiger partial charge in [-0.05, 0) is 56.3 Å². The first-order valence-electron chi connectivity index (χ1n) is 9.53. The van der Waals surface area contributed by atoms with E-state index in [1.54, 1.807) is 6.07 Å². The Morgan fingerprint density at radius 3 is 2.82 bits per heavy atom. The number of nitrogens with one attached hydrogen (secondary N) is 1. The van der Waals surface area contributed by atoms with Crippen LogP contribution < -0.4 is 16.0 Å². The van der Waals surface area contributed by atoms with Gasteiger partial charge in [-0.2, -0.15) is 0 Å². The quantitative estimate of drug-likeness (QED) is 0.713. The molecule has 2 aromatic heterocycles. The lowest BCUT2D eigenvalue weighted by atomic mass is 10.1. The van der Waals surface area contributed by atoms with E-state index in [9.17, 15) is 9.59 Å². The largest absolute Gasteiger partial charge is 0.492 e. The molecule has 4 rings (SSSR count). The maximum atomic E-state index is 12.4. The number of carbonyl (C=O) groups excluding carboxylic acids is 1. The molecule has 0 spiro atoms. The van der Waals surface area contributed by atoms with E-state index < -0.39 is 11.6 Å². The molecule has 3 aromatic rings. The van der Waals surface area contributed by atoms with Crippen LogP contribution >= 0.6 is 0 Å². The van der Waals surface area contributed by atoms with Crippen LogP contribution in [0.25, 0.3) is 22.2 Å². The molecule has 1 aliphatic heterocycles. The molecule has 0 aliphatic carbocycles. The molecule has 3 heterocycles. The van der Waals surface area contributed by atoms with Gasteiger partial charge in [0.25, 0.3) is 5.56 Å². The van der Waals surface area contributed by atoms with Gasteiger partial charge in [0.1, 0.15) is 12.4 Å². The van der Waals surface area contributed by atoms with Gasteiger partial charge in [-0.25, -0.2) is 9.36 Å². The lowest BCUT2D eigenvalue weighted by Crippen LogP contribution is -2.33. The van der Waals surface area contributed by atoms with E-state index in [1.807, 2.05) is 24.3 Å². The number of hydrogen-bond donors (Lipinski definition) is 2. The molecule has 1 amide bonds. The van der Waals surface area contributed by atoms with Crippen molar-refractivity contribution in [1.29, 1.82) is 0 Å². The Kier molecular flexibility index (Phi) is 5.16. The topological polar surface area (TPSA) is 93.3 Å². The summed E-state index contributed by atoms with van der Waals surface area (Å²) in [4.78, 5) is 29.5. The molecule has 1 radical (unpaired) electrons. The third kappa shape index (κ3) is 3.80. The van der Waals surface area contributed by atoms with E-state index >= 15 is 0 Å². The molecule has 7 heteroatoms. The highest BCUT2D eigenvalue weighted by Crippen LogP contribution is 2.25. The van der Waals surface area contributed by atoms with Gasteiger partial charge in [0.05, 0.1) is 11.3 Å². The van der Waals surface area contributed by atoms with Gasteiger partial charge in [-0.3, -0.25) is 9.69 Å². The summed E-state index contributed by atoms with van der Waals surface area (Å²) in [6.07, 6.45) is 5.11. The fraction of sp³-hybridized carbons (Fsp3) is 0.333. The Bertz CT molecular complexity index is 1050. The van der Waals surface area contributed by atoms with Crippen LogP contribution in [0.3, 0.4) is 0 Å². The zero-order valence-electron chi connectivity index (χ0n) is 15.6. The molecule has 3 N–H and O–H groups in total. The van der Waals surface area contributed by atoms with Gasteiger partial charge < -0.3 is 15.5 Å². The molecule has 28 heavy (non-hydrogen) atoms. The molecule has 0 atom stereocenters. The fourth-order valence-corrected chi connectivity index (χ4v) is 3.62. The Morgan fingerprint density at radius 1 is 1.21 bits per heavy atom. The lowest BCUT2D eigenvalue weighted by molar-refractivity contribution is 0.183. The van der Waals surface area contributed by atoms with Crippen molar-refractivity contribution in [1.82, 2.24) is 14.5 Å². The lowest BCUT2D eigenvalue weighted by Gasteiger charge is -2.26. The molecule has 1 fully saturated rings. The molecule has 0 bridgehead atoms. The first kappa shape index (κ1) is 18.3. The zero-order valence-corrected chi connectivity index (χ0v) is 15.6. The number of likely N-dealkylation sites (tertiary alicyclic amines) is 1. The molecule has 0 saturated carbocycles.